The molecule has 2 aromatic rings. The Morgan fingerprint density at radius 2 is 1.63 bits per heavy atom. The fourth-order valence-electron chi connectivity index (χ4n) is 2.25. The summed E-state index contributed by atoms with van der Waals surface area (Å²) in [6, 6.07) is 10.9. The van der Waals surface area contributed by atoms with Crippen LogP contribution in [0.15, 0.2) is 65.6 Å². The number of nitrogens with one attached hydrogen (secondary N) is 2. The Labute approximate surface area is 174 Å². The number of alkyl halides is 3. The lowest BCUT2D eigenvalue weighted by Crippen LogP contribution is -2.22. The second kappa shape index (κ2) is 9.97. The van der Waals surface area contributed by atoms with Crippen LogP contribution in [0, 0.1) is 0 Å². The van der Waals surface area contributed by atoms with Crippen molar-refractivity contribution in [2.75, 3.05) is 10.6 Å². The summed E-state index contributed by atoms with van der Waals surface area (Å²) < 4.78 is 38.4. The Hall–Kier alpha value is -3.27. The molecule has 0 radical (unpaired) electrons. The van der Waals surface area contributed by atoms with Crippen LogP contribution in [-0.4, -0.2) is 28.1 Å². The number of hydrogen-bond acceptors (Lipinski definition) is 4. The molecule has 158 valence electrons. The Bertz CT molecular complexity index is 977. The summed E-state index contributed by atoms with van der Waals surface area (Å²) in [5.41, 5.74) is -0.431. The second-order valence-corrected chi connectivity index (χ2v) is 7.43. The fourth-order valence-corrected chi connectivity index (χ4v) is 3.18. The van der Waals surface area contributed by atoms with Crippen LogP contribution in [0.1, 0.15) is 12.5 Å². The highest BCUT2D eigenvalue weighted by Gasteiger charge is 2.30. The lowest BCUT2D eigenvalue weighted by molar-refractivity contribution is -0.137. The van der Waals surface area contributed by atoms with E-state index in [0.717, 1.165) is 30.0 Å². The second-order valence-electron chi connectivity index (χ2n) is 6.02. The largest absolute Gasteiger partial charge is 0.478 e. The van der Waals surface area contributed by atoms with E-state index in [-0.39, 0.29) is 5.69 Å². The van der Waals surface area contributed by atoms with Crippen molar-refractivity contribution in [3.63, 3.8) is 0 Å². The maximum absolute atomic E-state index is 12.8. The van der Waals surface area contributed by atoms with E-state index in [1.165, 1.54) is 12.1 Å². The number of anilines is 2. The first-order valence-electron chi connectivity index (χ1n) is 8.51. The number of thioether (sulfide) groups is 1. The zero-order valence-corrected chi connectivity index (χ0v) is 16.4. The summed E-state index contributed by atoms with van der Waals surface area (Å²) in [6.45, 7) is 1.59. The average Bonchev–Trinajstić information content (AvgIpc) is 2.66. The van der Waals surface area contributed by atoms with Gasteiger partial charge in [-0.15, -0.1) is 11.8 Å². The minimum Gasteiger partial charge on any atom is -0.478 e. The predicted molar refractivity (Wildman–Crippen MR) is 107 cm³/mol. The third kappa shape index (κ3) is 7.28. The molecule has 10 heteroatoms. The van der Waals surface area contributed by atoms with E-state index >= 15 is 0 Å². The van der Waals surface area contributed by atoms with Gasteiger partial charge in [0.05, 0.1) is 10.8 Å². The molecule has 0 spiro atoms. The molecule has 2 rings (SSSR count). The third-order valence-corrected chi connectivity index (χ3v) is 4.71. The van der Waals surface area contributed by atoms with E-state index in [1.54, 1.807) is 31.2 Å². The molecule has 1 unspecified atom stereocenters. The predicted octanol–water partition coefficient (Wildman–Crippen LogP) is 4.40. The van der Waals surface area contributed by atoms with Crippen molar-refractivity contribution in [1.29, 1.82) is 0 Å². The van der Waals surface area contributed by atoms with Crippen molar-refractivity contribution in [3.8, 4) is 0 Å². The van der Waals surface area contributed by atoms with Crippen molar-refractivity contribution in [2.45, 2.75) is 23.2 Å². The van der Waals surface area contributed by atoms with Gasteiger partial charge in [-0.25, -0.2) is 4.79 Å². The maximum Gasteiger partial charge on any atom is 0.416 e. The van der Waals surface area contributed by atoms with Gasteiger partial charge in [0.25, 0.3) is 0 Å². The Morgan fingerprint density at radius 1 is 1.00 bits per heavy atom. The SMILES string of the molecule is CC(Sc1cccc(NC(=O)/C=C/C(=O)O)c1)C(=O)Nc1cccc(C(F)(F)F)c1. The fraction of sp³-hybridized carbons (Fsp3) is 0.150. The molecule has 6 nitrogen and oxygen atoms in total. The molecule has 0 bridgehead atoms. The molecule has 3 N–H and O–H groups in total. The highest BCUT2D eigenvalue weighted by molar-refractivity contribution is 8.00. The molecule has 0 aromatic heterocycles. The van der Waals surface area contributed by atoms with Crippen LogP contribution in [0.2, 0.25) is 0 Å². The first-order valence-corrected chi connectivity index (χ1v) is 9.39. The smallest absolute Gasteiger partial charge is 0.416 e. The number of aliphatic carboxylic acids is 1. The zero-order valence-electron chi connectivity index (χ0n) is 15.6. The highest BCUT2D eigenvalue weighted by Crippen LogP contribution is 2.31. The summed E-state index contributed by atoms with van der Waals surface area (Å²) in [6.07, 6.45) is -2.94. The monoisotopic (exact) mass is 438 g/mol. The number of carbonyl (C=O) groups is 3. The van der Waals surface area contributed by atoms with Crippen molar-refractivity contribution in [2.24, 2.45) is 0 Å². The first kappa shape index (κ1) is 23.0. The van der Waals surface area contributed by atoms with Gasteiger partial charge in [-0.05, 0) is 43.3 Å². The van der Waals surface area contributed by atoms with Gasteiger partial charge in [-0.1, -0.05) is 12.1 Å². The molecule has 2 amide bonds. The van der Waals surface area contributed by atoms with Crippen LogP contribution in [0.5, 0.6) is 0 Å². The molecule has 0 aliphatic carbocycles. The summed E-state index contributed by atoms with van der Waals surface area (Å²) in [7, 11) is 0. The lowest BCUT2D eigenvalue weighted by atomic mass is 10.2. The van der Waals surface area contributed by atoms with Crippen molar-refractivity contribution < 1.29 is 32.7 Å². The van der Waals surface area contributed by atoms with E-state index in [2.05, 4.69) is 10.6 Å². The minimum absolute atomic E-state index is 0.0357. The van der Waals surface area contributed by atoms with E-state index in [4.69, 9.17) is 5.11 Å². The van der Waals surface area contributed by atoms with Crippen LogP contribution in [0.4, 0.5) is 24.5 Å². The van der Waals surface area contributed by atoms with Crippen molar-refractivity contribution in [1.82, 2.24) is 0 Å². The van der Waals surface area contributed by atoms with Crippen LogP contribution in [-0.2, 0) is 20.6 Å². The number of carboxylic acid groups (broad SMARTS) is 1. The van der Waals surface area contributed by atoms with Crippen molar-refractivity contribution >= 4 is 40.9 Å². The van der Waals surface area contributed by atoms with Gasteiger partial charge in [0, 0.05) is 28.4 Å². The number of amides is 2. The topological polar surface area (TPSA) is 95.5 Å². The van der Waals surface area contributed by atoms with Gasteiger partial charge in [-0.3, -0.25) is 9.59 Å². The normalized spacial score (nSPS) is 12.4. The van der Waals surface area contributed by atoms with Gasteiger partial charge in [-0.2, -0.15) is 13.2 Å². The molecule has 0 aliphatic rings. The molecule has 0 saturated heterocycles. The Kier molecular flexibility index (Phi) is 7.65. The molecule has 0 heterocycles. The Balaban J connectivity index is 2.00. The molecule has 0 saturated carbocycles. The molecule has 1 atom stereocenters. The van der Waals surface area contributed by atoms with Gasteiger partial charge >= 0.3 is 12.1 Å². The average molecular weight is 438 g/mol. The van der Waals surface area contributed by atoms with Gasteiger partial charge < -0.3 is 15.7 Å². The number of halogens is 3. The van der Waals surface area contributed by atoms with Gasteiger partial charge in [0.2, 0.25) is 11.8 Å². The molecule has 30 heavy (non-hydrogen) atoms. The van der Waals surface area contributed by atoms with E-state index < -0.39 is 34.8 Å². The molecule has 0 fully saturated rings. The maximum atomic E-state index is 12.8. The number of hydrogen-bond donors (Lipinski definition) is 3. The summed E-state index contributed by atoms with van der Waals surface area (Å²) in [5.74, 6) is -2.37. The van der Waals surface area contributed by atoms with Gasteiger partial charge in [0.1, 0.15) is 0 Å². The standard InChI is InChI=1S/C20H17F3N2O4S/c1-12(19(29)25-14-5-2-4-13(10-14)20(21,22)23)30-16-7-3-6-15(11-16)24-17(26)8-9-18(27)28/h2-12H,1H3,(H,24,26)(H,25,29)(H,27,28)/b9-8+. The van der Waals surface area contributed by atoms with Crippen LogP contribution >= 0.6 is 11.8 Å². The van der Waals surface area contributed by atoms with Gasteiger partial charge in [0.15, 0.2) is 0 Å². The van der Waals surface area contributed by atoms with Crippen molar-refractivity contribution in [3.05, 3.63) is 66.2 Å². The van der Waals surface area contributed by atoms with E-state index in [9.17, 15) is 27.6 Å². The number of carbonyl (C=O) groups excluding carboxylic acids is 2. The number of benzene rings is 2. The number of carboxylic acids is 1. The summed E-state index contributed by atoms with van der Waals surface area (Å²) in [4.78, 5) is 35.0. The van der Waals surface area contributed by atoms with E-state index in [1.807, 2.05) is 0 Å². The highest BCUT2D eigenvalue weighted by atomic mass is 32.2. The quantitative estimate of drug-likeness (QED) is 0.440. The lowest BCUT2D eigenvalue weighted by Gasteiger charge is -2.14. The first-order chi connectivity index (χ1) is 14.0. The van der Waals surface area contributed by atoms with E-state index in [0.29, 0.717) is 16.7 Å². The summed E-state index contributed by atoms with van der Waals surface area (Å²) in [5, 5.41) is 12.8. The van der Waals surface area contributed by atoms with Crippen LogP contribution in [0.3, 0.4) is 0 Å². The molecule has 0 aliphatic heterocycles. The minimum atomic E-state index is -4.51. The molecular formula is C20H17F3N2O4S. The zero-order chi connectivity index (χ0) is 22.3. The van der Waals surface area contributed by atoms with Crippen LogP contribution < -0.4 is 10.6 Å². The third-order valence-electron chi connectivity index (χ3n) is 3.62. The Morgan fingerprint density at radius 3 is 2.27 bits per heavy atom. The van der Waals surface area contributed by atoms with Crippen LogP contribution in [0.25, 0.3) is 0 Å². The summed E-state index contributed by atoms with van der Waals surface area (Å²) >= 11 is 1.14. The number of rotatable bonds is 7. The molecule has 2 aromatic carbocycles. The molecular weight excluding hydrogens is 421 g/mol.